The molecule has 0 saturated carbocycles. The van der Waals surface area contributed by atoms with Gasteiger partial charge < -0.3 is 19.9 Å². The molecule has 0 atom stereocenters. The number of fused-ring (bicyclic) bond motifs is 1. The molecule has 32 heavy (non-hydrogen) atoms. The van der Waals surface area contributed by atoms with Gasteiger partial charge in [-0.25, -0.2) is 8.42 Å². The molecule has 1 aromatic carbocycles. The monoisotopic (exact) mass is 458 g/mol. The van der Waals surface area contributed by atoms with E-state index in [0.717, 1.165) is 37.0 Å². The second-order valence-corrected chi connectivity index (χ2v) is 11.4. The van der Waals surface area contributed by atoms with Gasteiger partial charge in [-0.15, -0.1) is 0 Å². The number of nitrogens with zero attached hydrogens (tertiary/aromatic N) is 3. The number of anilines is 2. The van der Waals surface area contributed by atoms with E-state index < -0.39 is 14.8 Å². The number of rotatable bonds is 6. The molecule has 0 radical (unpaired) electrons. The third-order valence-corrected chi connectivity index (χ3v) is 7.67. The predicted molar refractivity (Wildman–Crippen MR) is 127 cm³/mol. The number of methoxy groups -OCH3 is 1. The Bertz CT molecular complexity index is 1210. The first-order valence-corrected chi connectivity index (χ1v) is 12.2. The fourth-order valence-corrected chi connectivity index (χ4v) is 4.34. The number of ether oxygens (including phenoxy) is 1. The molecule has 3 aromatic rings. The van der Waals surface area contributed by atoms with Crippen molar-refractivity contribution in [3.63, 3.8) is 0 Å². The van der Waals surface area contributed by atoms with E-state index in [1.165, 1.54) is 0 Å². The molecule has 0 bridgehead atoms. The lowest BCUT2D eigenvalue weighted by molar-refractivity contribution is 0.402. The minimum Gasteiger partial charge on any atom is -0.480 e. The van der Waals surface area contributed by atoms with Crippen molar-refractivity contribution < 1.29 is 13.2 Å². The topological polar surface area (TPSA) is 110 Å². The molecule has 0 spiro atoms. The summed E-state index contributed by atoms with van der Waals surface area (Å²) in [6.07, 6.45) is 3.88. The lowest BCUT2D eigenvalue weighted by Crippen LogP contribution is -2.35. The first-order chi connectivity index (χ1) is 15.2. The second kappa shape index (κ2) is 8.59. The van der Waals surface area contributed by atoms with Gasteiger partial charge in [0.2, 0.25) is 21.9 Å². The highest BCUT2D eigenvalue weighted by Gasteiger charge is 2.29. The highest BCUT2D eigenvalue weighted by Crippen LogP contribution is 2.29. The van der Waals surface area contributed by atoms with Crippen LogP contribution in [0.4, 0.5) is 11.6 Å². The van der Waals surface area contributed by atoms with Gasteiger partial charge in [-0.3, -0.25) is 4.72 Å². The van der Waals surface area contributed by atoms with Crippen LogP contribution >= 0.6 is 0 Å². The Hall–Kier alpha value is -2.85. The summed E-state index contributed by atoms with van der Waals surface area (Å²) >= 11 is 0. The zero-order valence-electron chi connectivity index (χ0n) is 18.8. The van der Waals surface area contributed by atoms with Crippen molar-refractivity contribution in [3.05, 3.63) is 36.5 Å². The molecule has 10 heteroatoms. The number of hydrogen-bond donors (Lipinski definition) is 3. The van der Waals surface area contributed by atoms with E-state index >= 15 is 0 Å². The van der Waals surface area contributed by atoms with Crippen LogP contribution in [-0.4, -0.2) is 53.9 Å². The summed E-state index contributed by atoms with van der Waals surface area (Å²) in [5.41, 5.74) is 1.96. The molecule has 9 nitrogen and oxygen atoms in total. The molecular weight excluding hydrogens is 428 g/mol. The van der Waals surface area contributed by atoms with Gasteiger partial charge in [0.15, 0.2) is 5.65 Å². The molecule has 1 aliphatic heterocycles. The maximum absolute atomic E-state index is 12.6. The fraction of sp³-hybridized carbons (Fsp3) is 0.455. The largest absolute Gasteiger partial charge is 0.480 e. The van der Waals surface area contributed by atoms with Crippen LogP contribution in [0, 0.1) is 0 Å². The first kappa shape index (κ1) is 22.3. The Kier molecular flexibility index (Phi) is 6.00. The molecule has 0 amide bonds. The Morgan fingerprint density at radius 3 is 2.59 bits per heavy atom. The van der Waals surface area contributed by atoms with Crippen molar-refractivity contribution in [1.29, 1.82) is 0 Å². The first-order valence-electron chi connectivity index (χ1n) is 10.7. The Labute approximate surface area is 188 Å². The number of piperidine rings is 1. The van der Waals surface area contributed by atoms with E-state index in [-0.39, 0.29) is 0 Å². The van der Waals surface area contributed by atoms with Crippen molar-refractivity contribution in [1.82, 2.24) is 19.9 Å². The van der Waals surface area contributed by atoms with E-state index in [1.807, 2.05) is 29.0 Å². The Balaban J connectivity index is 1.71. The summed E-state index contributed by atoms with van der Waals surface area (Å²) in [5, 5.41) is 7.56. The summed E-state index contributed by atoms with van der Waals surface area (Å²) in [4.78, 5) is 9.30. The van der Waals surface area contributed by atoms with Gasteiger partial charge in [-0.05, 0) is 71.0 Å². The molecule has 1 fully saturated rings. The van der Waals surface area contributed by atoms with Crippen molar-refractivity contribution in [2.24, 2.45) is 0 Å². The highest BCUT2D eigenvalue weighted by molar-refractivity contribution is 7.94. The molecule has 2 aromatic heterocycles. The van der Waals surface area contributed by atoms with Gasteiger partial charge in [0.25, 0.3) is 0 Å². The maximum Gasteiger partial charge on any atom is 0.237 e. The molecule has 3 N–H and O–H groups in total. The van der Waals surface area contributed by atoms with Crippen LogP contribution in [0.25, 0.3) is 16.7 Å². The minimum absolute atomic E-state index is 0.303. The zero-order valence-corrected chi connectivity index (χ0v) is 19.7. The quantitative estimate of drug-likeness (QED) is 0.520. The van der Waals surface area contributed by atoms with Crippen molar-refractivity contribution in [2.75, 3.05) is 30.2 Å². The molecule has 3 heterocycles. The standard InChI is InChI=1S/C22H30N6O3S/c1-22(2,3)32(29,30)27-16-6-5-7-17(14-16)28-13-10-18-19(28)25-21(26-20(18)31-4)24-15-8-11-23-12-9-15/h5-7,10,13-15,23,27H,8-9,11-12H2,1-4H3,(H,24,25,26). The van der Waals surface area contributed by atoms with Crippen LogP contribution < -0.4 is 20.1 Å². The average molecular weight is 459 g/mol. The lowest BCUT2D eigenvalue weighted by Gasteiger charge is -2.23. The fourth-order valence-electron chi connectivity index (χ4n) is 3.59. The molecule has 0 unspecified atom stereocenters. The van der Waals surface area contributed by atoms with Crippen molar-refractivity contribution in [3.8, 4) is 11.6 Å². The van der Waals surface area contributed by atoms with Gasteiger partial charge >= 0.3 is 0 Å². The SMILES string of the molecule is COc1nc(NC2CCNCC2)nc2c1ccn2-c1cccc(NS(=O)(=O)C(C)(C)C)c1. The Morgan fingerprint density at radius 2 is 1.91 bits per heavy atom. The van der Waals surface area contributed by atoms with Crippen LogP contribution in [-0.2, 0) is 10.0 Å². The van der Waals surface area contributed by atoms with Gasteiger partial charge in [0.1, 0.15) is 0 Å². The lowest BCUT2D eigenvalue weighted by atomic mass is 10.1. The summed E-state index contributed by atoms with van der Waals surface area (Å²) in [6, 6.07) is 9.44. The number of sulfonamides is 1. The molecule has 1 aliphatic rings. The number of benzene rings is 1. The van der Waals surface area contributed by atoms with E-state index in [0.29, 0.717) is 29.2 Å². The molecule has 172 valence electrons. The Morgan fingerprint density at radius 1 is 1.16 bits per heavy atom. The van der Waals surface area contributed by atoms with E-state index in [1.54, 1.807) is 40.0 Å². The summed E-state index contributed by atoms with van der Waals surface area (Å²) in [7, 11) is -1.94. The van der Waals surface area contributed by atoms with Crippen molar-refractivity contribution >= 4 is 32.7 Å². The minimum atomic E-state index is -3.53. The van der Waals surface area contributed by atoms with Crippen LogP contribution in [0.15, 0.2) is 36.5 Å². The molecule has 1 saturated heterocycles. The summed E-state index contributed by atoms with van der Waals surface area (Å²) in [6.45, 7) is 6.92. The van der Waals surface area contributed by atoms with E-state index in [9.17, 15) is 8.42 Å². The van der Waals surface area contributed by atoms with Gasteiger partial charge in [-0.1, -0.05) is 6.07 Å². The number of aromatic nitrogens is 3. The van der Waals surface area contributed by atoms with Gasteiger partial charge in [0, 0.05) is 17.9 Å². The summed E-state index contributed by atoms with van der Waals surface area (Å²) < 4.78 is 34.4. The smallest absolute Gasteiger partial charge is 0.237 e. The maximum atomic E-state index is 12.6. The van der Waals surface area contributed by atoms with Crippen LogP contribution in [0.1, 0.15) is 33.6 Å². The van der Waals surface area contributed by atoms with E-state index in [2.05, 4.69) is 20.3 Å². The predicted octanol–water partition coefficient (Wildman–Crippen LogP) is 3.13. The second-order valence-electron chi connectivity index (χ2n) is 8.92. The van der Waals surface area contributed by atoms with Crippen LogP contribution in [0.3, 0.4) is 0 Å². The highest BCUT2D eigenvalue weighted by atomic mass is 32.2. The molecular formula is C22H30N6O3S. The molecule has 0 aliphatic carbocycles. The van der Waals surface area contributed by atoms with Crippen molar-refractivity contribution in [2.45, 2.75) is 44.4 Å². The van der Waals surface area contributed by atoms with Gasteiger partial charge in [-0.2, -0.15) is 9.97 Å². The zero-order chi connectivity index (χ0) is 22.9. The number of nitrogens with one attached hydrogen (secondary N) is 3. The summed E-state index contributed by atoms with van der Waals surface area (Å²) in [5.74, 6) is 1.01. The molecule has 4 rings (SSSR count). The third kappa shape index (κ3) is 4.51. The van der Waals surface area contributed by atoms with E-state index in [4.69, 9.17) is 9.72 Å². The number of hydrogen-bond acceptors (Lipinski definition) is 7. The third-order valence-electron chi connectivity index (χ3n) is 5.56. The average Bonchev–Trinajstić information content (AvgIpc) is 3.17. The van der Waals surface area contributed by atoms with Crippen LogP contribution in [0.2, 0.25) is 0 Å². The van der Waals surface area contributed by atoms with Crippen LogP contribution in [0.5, 0.6) is 5.88 Å². The normalized spacial score (nSPS) is 15.6. The van der Waals surface area contributed by atoms with Gasteiger partial charge in [0.05, 0.1) is 22.9 Å².